The van der Waals surface area contributed by atoms with Crippen molar-refractivity contribution in [2.24, 2.45) is 5.41 Å². The average Bonchev–Trinajstić information content (AvgIpc) is 3.03. The van der Waals surface area contributed by atoms with Gasteiger partial charge in [0.2, 0.25) is 11.9 Å². The molecule has 47 heavy (non-hydrogen) atoms. The van der Waals surface area contributed by atoms with Gasteiger partial charge in [0.15, 0.2) is 12.5 Å². The summed E-state index contributed by atoms with van der Waals surface area (Å²) in [5.74, 6) is -3.10. The molecule has 6 rings (SSSR count). The lowest BCUT2D eigenvalue weighted by Crippen LogP contribution is -2.36. The molecule has 0 radical (unpaired) electrons. The number of halogens is 6. The van der Waals surface area contributed by atoms with Crippen LogP contribution < -0.4 is 4.90 Å². The van der Waals surface area contributed by atoms with E-state index < -0.39 is 35.9 Å². The van der Waals surface area contributed by atoms with Crippen molar-refractivity contribution in [2.75, 3.05) is 18.0 Å². The van der Waals surface area contributed by atoms with Crippen LogP contribution in [0.3, 0.4) is 0 Å². The third-order valence-electron chi connectivity index (χ3n) is 10.0. The number of pyridine rings is 1. The number of anilines is 1. The fraction of sp³-hybridized carbons (Fsp3) is 0.543. The Labute approximate surface area is 269 Å². The Morgan fingerprint density at radius 3 is 2.15 bits per heavy atom. The minimum atomic E-state index is -4.59. The molecule has 3 aromatic rings. The van der Waals surface area contributed by atoms with E-state index in [2.05, 4.69) is 9.97 Å². The summed E-state index contributed by atoms with van der Waals surface area (Å²) in [5, 5.41) is 11.5. The number of alkyl halides is 6. The highest BCUT2D eigenvalue weighted by Crippen LogP contribution is 2.52. The number of carbonyl (C=O) groups excluding carboxylic acids is 1. The van der Waals surface area contributed by atoms with Crippen molar-refractivity contribution in [3.8, 4) is 0 Å². The number of aliphatic hydroxyl groups excluding tert-OH is 1. The number of piperidine rings is 1. The van der Waals surface area contributed by atoms with E-state index in [-0.39, 0.29) is 48.1 Å². The van der Waals surface area contributed by atoms with E-state index >= 15 is 4.39 Å². The molecule has 0 spiro atoms. The molecule has 1 N–H and O–H groups in total. The second kappa shape index (κ2) is 12.5. The van der Waals surface area contributed by atoms with Gasteiger partial charge in [-0.2, -0.15) is 13.2 Å². The molecule has 3 aliphatic rings. The molecule has 1 saturated carbocycles. The number of rotatable bonds is 6. The summed E-state index contributed by atoms with van der Waals surface area (Å²) in [6, 6.07) is 3.94. The summed E-state index contributed by atoms with van der Waals surface area (Å²) in [6.07, 6.45) is -2.52. The maximum atomic E-state index is 17.1. The van der Waals surface area contributed by atoms with Gasteiger partial charge < -0.3 is 10.0 Å². The maximum absolute atomic E-state index is 17.1. The molecule has 1 unspecified atom stereocenters. The lowest BCUT2D eigenvalue weighted by molar-refractivity contribution is -0.137. The average molecular weight is 661 g/mol. The summed E-state index contributed by atoms with van der Waals surface area (Å²) >= 11 is 0. The number of fused-ring (bicyclic) bond motifs is 1. The number of aldehydes is 1. The van der Waals surface area contributed by atoms with E-state index in [0.29, 0.717) is 79.1 Å². The Morgan fingerprint density at radius 2 is 1.57 bits per heavy atom. The monoisotopic (exact) mass is 660 g/mol. The minimum absolute atomic E-state index is 0.00937. The van der Waals surface area contributed by atoms with E-state index in [1.165, 1.54) is 12.4 Å². The first-order chi connectivity index (χ1) is 22.2. The number of aromatic nitrogens is 3. The third kappa shape index (κ3) is 6.89. The molecule has 12 heteroatoms. The molecule has 2 atom stereocenters. The van der Waals surface area contributed by atoms with Gasteiger partial charge in [0.1, 0.15) is 0 Å². The topological polar surface area (TPSA) is 79.2 Å². The molecule has 252 valence electrons. The largest absolute Gasteiger partial charge is 0.416 e. The van der Waals surface area contributed by atoms with Gasteiger partial charge in [-0.25, -0.2) is 23.1 Å². The van der Waals surface area contributed by atoms with E-state index in [1.807, 2.05) is 18.7 Å². The predicted molar refractivity (Wildman–Crippen MR) is 163 cm³/mol. The number of nitrogens with zero attached hydrogens (tertiary/aromatic N) is 4. The van der Waals surface area contributed by atoms with Gasteiger partial charge in [-0.1, -0.05) is 26.0 Å². The quantitative estimate of drug-likeness (QED) is 0.211. The fourth-order valence-electron chi connectivity index (χ4n) is 7.62. The van der Waals surface area contributed by atoms with Crippen molar-refractivity contribution in [1.82, 2.24) is 15.0 Å². The van der Waals surface area contributed by atoms with E-state index in [1.54, 1.807) is 0 Å². The van der Waals surface area contributed by atoms with E-state index in [9.17, 15) is 31.9 Å². The van der Waals surface area contributed by atoms with Gasteiger partial charge >= 0.3 is 6.18 Å². The van der Waals surface area contributed by atoms with Crippen LogP contribution in [0.25, 0.3) is 0 Å². The normalized spacial score (nSPS) is 22.5. The Kier molecular flexibility index (Phi) is 8.86. The standard InChI is InChI=1S/C35H38F6N4O2/c1-33(2)15-25-28(26(47)16-33)27(21-7-11-34(37,38)12-8-21)29(30(36)22-3-5-24(6-4-22)35(39,40)41)31(44-25)23-9-13-45(14-10-23)32-42-17-20(19-46)18-43-32/h3-6,17-19,21,23,26,30,47H,7-16H2,1-2H3/t26-,30?/m0/s1. The molecule has 2 aliphatic carbocycles. The van der Waals surface area contributed by atoms with Crippen LogP contribution in [0.1, 0.15) is 132 Å². The van der Waals surface area contributed by atoms with Crippen LogP contribution >= 0.6 is 0 Å². The SMILES string of the molecule is CC1(C)Cc2nc(C3CCN(c4ncc(C=O)cn4)CC3)c(C(F)c3ccc(C(F)(F)F)cc3)c(C3CCC(F)(F)CC3)c2[C@@H](O)C1. The van der Waals surface area contributed by atoms with E-state index in [0.717, 1.165) is 24.3 Å². The van der Waals surface area contributed by atoms with Crippen LogP contribution in [0.2, 0.25) is 0 Å². The molecule has 2 fully saturated rings. The van der Waals surface area contributed by atoms with Crippen LogP contribution in [-0.2, 0) is 12.6 Å². The van der Waals surface area contributed by atoms with Crippen molar-refractivity contribution >= 4 is 12.2 Å². The summed E-state index contributed by atoms with van der Waals surface area (Å²) in [7, 11) is 0. The number of aliphatic hydroxyl groups is 1. The Morgan fingerprint density at radius 1 is 0.957 bits per heavy atom. The molecule has 3 heterocycles. The van der Waals surface area contributed by atoms with Crippen molar-refractivity contribution in [1.29, 1.82) is 0 Å². The molecule has 1 saturated heterocycles. The van der Waals surface area contributed by atoms with E-state index in [4.69, 9.17) is 4.98 Å². The van der Waals surface area contributed by atoms with Gasteiger partial charge in [-0.15, -0.1) is 0 Å². The second-order valence-corrected chi connectivity index (χ2v) is 14.1. The van der Waals surface area contributed by atoms with Crippen LogP contribution in [0.15, 0.2) is 36.7 Å². The maximum Gasteiger partial charge on any atom is 0.416 e. The van der Waals surface area contributed by atoms with Crippen LogP contribution in [0.5, 0.6) is 0 Å². The van der Waals surface area contributed by atoms with Crippen molar-refractivity contribution in [3.63, 3.8) is 0 Å². The molecular weight excluding hydrogens is 622 g/mol. The Bertz CT molecular complexity index is 1590. The second-order valence-electron chi connectivity index (χ2n) is 14.1. The van der Waals surface area contributed by atoms with Crippen LogP contribution in [-0.4, -0.2) is 45.4 Å². The molecule has 0 amide bonds. The van der Waals surface area contributed by atoms with Gasteiger partial charge in [0.05, 0.1) is 22.9 Å². The number of carbonyl (C=O) groups is 1. The zero-order chi connectivity index (χ0) is 33.7. The van der Waals surface area contributed by atoms with Crippen molar-refractivity contribution < 1.29 is 36.2 Å². The molecule has 0 bridgehead atoms. The Balaban J connectivity index is 1.46. The Hall–Kier alpha value is -3.54. The zero-order valence-corrected chi connectivity index (χ0v) is 26.3. The first-order valence-corrected chi connectivity index (χ1v) is 16.1. The molecular formula is C35H38F6N4O2. The fourth-order valence-corrected chi connectivity index (χ4v) is 7.62. The third-order valence-corrected chi connectivity index (χ3v) is 10.0. The lowest BCUT2D eigenvalue weighted by Gasteiger charge is -2.41. The first-order valence-electron chi connectivity index (χ1n) is 16.1. The predicted octanol–water partition coefficient (Wildman–Crippen LogP) is 8.44. The summed E-state index contributed by atoms with van der Waals surface area (Å²) in [4.78, 5) is 26.7. The van der Waals surface area contributed by atoms with Gasteiger partial charge in [0.25, 0.3) is 0 Å². The zero-order valence-electron chi connectivity index (χ0n) is 26.3. The highest BCUT2D eigenvalue weighted by atomic mass is 19.4. The summed E-state index contributed by atoms with van der Waals surface area (Å²) in [5.41, 5.74) is 1.45. The number of hydrogen-bond donors (Lipinski definition) is 1. The smallest absolute Gasteiger partial charge is 0.388 e. The first kappa shape index (κ1) is 33.4. The van der Waals surface area contributed by atoms with Gasteiger partial charge in [-0.3, -0.25) is 9.78 Å². The minimum Gasteiger partial charge on any atom is -0.388 e. The van der Waals surface area contributed by atoms with Crippen molar-refractivity contribution in [2.45, 2.75) is 101 Å². The molecule has 2 aromatic heterocycles. The molecule has 1 aliphatic heterocycles. The summed E-state index contributed by atoms with van der Waals surface area (Å²) in [6.45, 7) is 5.03. The van der Waals surface area contributed by atoms with Crippen molar-refractivity contribution in [3.05, 3.63) is 81.4 Å². The molecule has 1 aromatic carbocycles. The summed E-state index contributed by atoms with van der Waals surface area (Å²) < 4.78 is 86.1. The van der Waals surface area contributed by atoms with Crippen LogP contribution in [0.4, 0.5) is 32.3 Å². The highest BCUT2D eigenvalue weighted by molar-refractivity contribution is 5.73. The highest BCUT2D eigenvalue weighted by Gasteiger charge is 2.43. The number of benzene rings is 1. The van der Waals surface area contributed by atoms with Gasteiger partial charge in [0, 0.05) is 61.1 Å². The van der Waals surface area contributed by atoms with Crippen LogP contribution in [0, 0.1) is 5.41 Å². The number of hydrogen-bond acceptors (Lipinski definition) is 6. The molecule has 6 nitrogen and oxygen atoms in total. The van der Waals surface area contributed by atoms with Gasteiger partial charge in [-0.05, 0) is 73.1 Å². The lowest BCUT2D eigenvalue weighted by atomic mass is 9.68.